The average molecular weight is 238 g/mol. The van der Waals surface area contributed by atoms with E-state index in [9.17, 15) is 4.79 Å². The number of hydrogen-bond acceptors (Lipinski definition) is 5. The molecule has 0 atom stereocenters. The van der Waals surface area contributed by atoms with Gasteiger partial charge in [0.15, 0.2) is 0 Å². The van der Waals surface area contributed by atoms with Gasteiger partial charge < -0.3 is 15.3 Å². The fourth-order valence-electron chi connectivity index (χ4n) is 1.44. The second-order valence-corrected chi connectivity index (χ2v) is 3.85. The number of aromatic nitrogens is 2. The molecule has 1 aromatic heterocycles. The van der Waals surface area contributed by atoms with Gasteiger partial charge >= 0.3 is 5.97 Å². The van der Waals surface area contributed by atoms with Crippen molar-refractivity contribution in [1.29, 1.82) is 0 Å². The summed E-state index contributed by atoms with van der Waals surface area (Å²) in [5.74, 6) is -0.435. The lowest BCUT2D eigenvalue weighted by molar-refractivity contribution is 0.0695. The number of carbonyl (C=O) groups is 1. The van der Waals surface area contributed by atoms with Gasteiger partial charge in [-0.25, -0.2) is 14.8 Å². The van der Waals surface area contributed by atoms with Gasteiger partial charge in [-0.15, -0.1) is 0 Å². The number of carboxylic acid groups (broad SMARTS) is 1. The Bertz CT molecular complexity index is 395. The van der Waals surface area contributed by atoms with Gasteiger partial charge in [0.1, 0.15) is 0 Å². The Hall–Kier alpha value is -1.69. The number of aromatic carboxylic acids is 1. The van der Waals surface area contributed by atoms with E-state index in [1.165, 1.54) is 6.20 Å². The molecular formula is C11H18N4O2. The molecule has 1 rings (SSSR count). The molecule has 1 heterocycles. The van der Waals surface area contributed by atoms with Crippen molar-refractivity contribution in [2.45, 2.75) is 13.3 Å². The first-order valence-electron chi connectivity index (χ1n) is 5.49. The van der Waals surface area contributed by atoms with Gasteiger partial charge in [-0.2, -0.15) is 0 Å². The molecule has 2 N–H and O–H groups in total. The summed E-state index contributed by atoms with van der Waals surface area (Å²) in [5.41, 5.74) is 0.639. The van der Waals surface area contributed by atoms with Crippen LogP contribution in [0.2, 0.25) is 0 Å². The Balaban J connectivity index is 2.72. The molecule has 0 radical (unpaired) electrons. The maximum atomic E-state index is 10.8. The zero-order chi connectivity index (χ0) is 12.8. The van der Waals surface area contributed by atoms with E-state index in [4.69, 9.17) is 5.11 Å². The van der Waals surface area contributed by atoms with E-state index in [-0.39, 0.29) is 5.56 Å². The number of anilines is 1. The fraction of sp³-hybridized carbons (Fsp3) is 0.545. The molecule has 0 bridgehead atoms. The largest absolute Gasteiger partial charge is 0.478 e. The zero-order valence-electron chi connectivity index (χ0n) is 10.4. The van der Waals surface area contributed by atoms with Crippen molar-refractivity contribution in [2.75, 3.05) is 32.1 Å². The van der Waals surface area contributed by atoms with Crippen LogP contribution in [0.5, 0.6) is 0 Å². The molecule has 0 saturated carbocycles. The van der Waals surface area contributed by atoms with Gasteiger partial charge in [0.25, 0.3) is 0 Å². The number of nitrogens with zero attached hydrogens (tertiary/aromatic N) is 3. The highest BCUT2D eigenvalue weighted by Gasteiger charge is 2.11. The first kappa shape index (κ1) is 13.4. The van der Waals surface area contributed by atoms with Crippen LogP contribution in [0.25, 0.3) is 0 Å². The van der Waals surface area contributed by atoms with E-state index in [1.54, 1.807) is 6.92 Å². The lowest BCUT2D eigenvalue weighted by Crippen LogP contribution is -2.24. The molecule has 1 aromatic rings. The summed E-state index contributed by atoms with van der Waals surface area (Å²) < 4.78 is 0. The minimum atomic E-state index is -0.994. The molecule has 0 aliphatic rings. The molecule has 0 amide bonds. The van der Waals surface area contributed by atoms with Crippen LogP contribution >= 0.6 is 0 Å². The van der Waals surface area contributed by atoms with Crippen molar-refractivity contribution in [3.8, 4) is 0 Å². The van der Waals surface area contributed by atoms with Gasteiger partial charge in [-0.1, -0.05) is 0 Å². The molecule has 94 valence electrons. The molecule has 0 spiro atoms. The van der Waals surface area contributed by atoms with Crippen LogP contribution < -0.4 is 10.2 Å². The molecule has 0 fully saturated rings. The summed E-state index contributed by atoms with van der Waals surface area (Å²) in [6.07, 6.45) is 2.34. The summed E-state index contributed by atoms with van der Waals surface area (Å²) >= 11 is 0. The van der Waals surface area contributed by atoms with Crippen molar-refractivity contribution >= 4 is 11.9 Å². The highest BCUT2D eigenvalue weighted by atomic mass is 16.4. The Kier molecular flexibility index (Phi) is 4.84. The maximum absolute atomic E-state index is 10.8. The van der Waals surface area contributed by atoms with Gasteiger partial charge in [-0.05, 0) is 26.9 Å². The molecule has 0 aliphatic heterocycles. The maximum Gasteiger partial charge on any atom is 0.339 e. The molecule has 6 nitrogen and oxygen atoms in total. The summed E-state index contributed by atoms with van der Waals surface area (Å²) in [5, 5.41) is 11.9. The summed E-state index contributed by atoms with van der Waals surface area (Å²) in [4.78, 5) is 21.0. The Labute approximate surface area is 101 Å². The van der Waals surface area contributed by atoms with Gasteiger partial charge in [0, 0.05) is 19.8 Å². The van der Waals surface area contributed by atoms with Gasteiger partial charge in [-0.3, -0.25) is 0 Å². The minimum Gasteiger partial charge on any atom is -0.478 e. The molecular weight excluding hydrogens is 220 g/mol. The van der Waals surface area contributed by atoms with E-state index < -0.39 is 5.97 Å². The predicted octanol–water partition coefficient (Wildman–Crippen LogP) is 0.529. The third kappa shape index (κ3) is 3.67. The summed E-state index contributed by atoms with van der Waals surface area (Å²) in [7, 11) is 3.80. The molecule has 0 aromatic carbocycles. The smallest absolute Gasteiger partial charge is 0.339 e. The third-order valence-corrected chi connectivity index (χ3v) is 2.46. The molecule has 0 saturated heterocycles. The first-order valence-corrected chi connectivity index (χ1v) is 5.49. The molecule has 0 unspecified atom stereocenters. The molecule has 0 aliphatic carbocycles. The monoisotopic (exact) mass is 238 g/mol. The summed E-state index contributed by atoms with van der Waals surface area (Å²) in [6.45, 7) is 3.43. The van der Waals surface area contributed by atoms with E-state index in [0.717, 1.165) is 19.5 Å². The second kappa shape index (κ2) is 6.15. The average Bonchev–Trinajstić information content (AvgIpc) is 2.28. The van der Waals surface area contributed by atoms with Crippen LogP contribution in [0.4, 0.5) is 5.95 Å². The van der Waals surface area contributed by atoms with E-state index >= 15 is 0 Å². The molecule has 17 heavy (non-hydrogen) atoms. The quantitative estimate of drug-likeness (QED) is 0.704. The lowest BCUT2D eigenvalue weighted by Gasteiger charge is -2.17. The highest BCUT2D eigenvalue weighted by molar-refractivity contribution is 5.88. The van der Waals surface area contributed by atoms with Crippen LogP contribution in [0, 0.1) is 6.92 Å². The van der Waals surface area contributed by atoms with Crippen LogP contribution in [0.1, 0.15) is 22.5 Å². The number of nitrogens with one attached hydrogen (secondary N) is 1. The Morgan fingerprint density at radius 2 is 2.29 bits per heavy atom. The highest BCUT2D eigenvalue weighted by Crippen LogP contribution is 2.10. The number of rotatable bonds is 6. The van der Waals surface area contributed by atoms with E-state index in [2.05, 4.69) is 15.3 Å². The SMILES string of the molecule is CNCCCN(C)c1ncc(C(=O)O)c(C)n1. The Morgan fingerprint density at radius 3 is 2.82 bits per heavy atom. The third-order valence-electron chi connectivity index (χ3n) is 2.46. The van der Waals surface area contributed by atoms with Crippen molar-refractivity contribution in [1.82, 2.24) is 15.3 Å². The van der Waals surface area contributed by atoms with Crippen LogP contribution in [0.3, 0.4) is 0 Å². The van der Waals surface area contributed by atoms with Crippen molar-refractivity contribution < 1.29 is 9.90 Å². The number of carboxylic acids is 1. The lowest BCUT2D eigenvalue weighted by atomic mass is 10.2. The van der Waals surface area contributed by atoms with Crippen LogP contribution in [-0.4, -0.2) is 48.2 Å². The van der Waals surface area contributed by atoms with E-state index in [1.807, 2.05) is 19.0 Å². The van der Waals surface area contributed by atoms with Crippen molar-refractivity contribution in [3.63, 3.8) is 0 Å². The Morgan fingerprint density at radius 1 is 1.59 bits per heavy atom. The summed E-state index contributed by atoms with van der Waals surface area (Å²) in [6, 6.07) is 0. The second-order valence-electron chi connectivity index (χ2n) is 3.85. The topological polar surface area (TPSA) is 78.4 Å². The standard InChI is InChI=1S/C11H18N4O2/c1-8-9(10(16)17)7-13-11(14-8)15(3)6-4-5-12-2/h7,12H,4-6H2,1-3H3,(H,16,17). The van der Waals surface area contributed by atoms with E-state index in [0.29, 0.717) is 11.6 Å². The zero-order valence-corrected chi connectivity index (χ0v) is 10.4. The fourth-order valence-corrected chi connectivity index (χ4v) is 1.44. The van der Waals surface area contributed by atoms with Crippen molar-refractivity contribution in [3.05, 3.63) is 17.5 Å². The number of hydrogen-bond donors (Lipinski definition) is 2. The van der Waals surface area contributed by atoms with Crippen LogP contribution in [0.15, 0.2) is 6.20 Å². The first-order chi connectivity index (χ1) is 8.06. The predicted molar refractivity (Wildman–Crippen MR) is 65.5 cm³/mol. The van der Waals surface area contributed by atoms with Gasteiger partial charge in [0.05, 0.1) is 11.3 Å². The normalized spacial score (nSPS) is 10.3. The van der Waals surface area contributed by atoms with Gasteiger partial charge in [0.2, 0.25) is 5.95 Å². The van der Waals surface area contributed by atoms with Crippen LogP contribution in [-0.2, 0) is 0 Å². The minimum absolute atomic E-state index is 0.150. The van der Waals surface area contributed by atoms with Crippen molar-refractivity contribution in [2.24, 2.45) is 0 Å². The molecule has 6 heteroatoms. The number of aryl methyl sites for hydroxylation is 1.